The number of hydrogen-bond acceptors (Lipinski definition) is 4. The smallest absolute Gasteiger partial charge is 0.248 e. The molecule has 0 spiro atoms. The van der Waals surface area contributed by atoms with E-state index in [4.69, 9.17) is 5.73 Å². The van der Waals surface area contributed by atoms with E-state index in [0.717, 1.165) is 0 Å². The molecule has 1 aliphatic heterocycles. The molecule has 1 atom stereocenters. The summed E-state index contributed by atoms with van der Waals surface area (Å²) in [6, 6.07) is 0. The molecule has 1 rings (SSSR count). The average Bonchev–Trinajstić information content (AvgIpc) is 1.60. The van der Waals surface area contributed by atoms with Gasteiger partial charge in [0, 0.05) is 12.3 Å². The summed E-state index contributed by atoms with van der Waals surface area (Å²) in [4.78, 5) is 10.5. The number of nitrogens with two attached hydrogens (primary N) is 1. The van der Waals surface area contributed by atoms with Crippen molar-refractivity contribution in [2.75, 3.05) is 0 Å². The lowest BCUT2D eigenvalue weighted by molar-refractivity contribution is -0.118. The van der Waals surface area contributed by atoms with Crippen LogP contribution in [0.1, 0.15) is 0 Å². The Labute approximate surface area is 57.9 Å². The van der Waals surface area contributed by atoms with Gasteiger partial charge in [-0.3, -0.25) is 10.5 Å². The number of rotatable bonds is 0. The van der Waals surface area contributed by atoms with E-state index in [2.05, 4.69) is 23.3 Å². The zero-order chi connectivity index (χ0) is 6.91. The van der Waals surface area contributed by atoms with Crippen molar-refractivity contribution in [1.82, 2.24) is 10.6 Å². The third-order valence-electron chi connectivity index (χ3n) is 0.852. The van der Waals surface area contributed by atoms with Gasteiger partial charge in [-0.15, -0.1) is 12.6 Å². The highest BCUT2D eigenvalue weighted by Gasteiger charge is 2.21. The van der Waals surface area contributed by atoms with E-state index in [-0.39, 0.29) is 5.91 Å². The van der Waals surface area contributed by atoms with Crippen LogP contribution in [0.4, 0.5) is 0 Å². The normalized spacial score (nSPS) is 33.3. The number of carbonyl (C=O) groups is 1. The van der Waals surface area contributed by atoms with E-state index in [1.165, 1.54) is 12.3 Å². The van der Waals surface area contributed by atoms with Crippen LogP contribution in [0.2, 0.25) is 0 Å². The van der Waals surface area contributed by atoms with Crippen LogP contribution in [0, 0.1) is 0 Å². The Morgan fingerprint density at radius 3 is 2.78 bits per heavy atom. The van der Waals surface area contributed by atoms with Gasteiger partial charge in [0.1, 0.15) is 0 Å². The molecule has 0 saturated carbocycles. The molecular formula is C4H7N3OS. The summed E-state index contributed by atoms with van der Waals surface area (Å²) >= 11 is 3.86. The van der Waals surface area contributed by atoms with Gasteiger partial charge < -0.3 is 10.6 Å². The summed E-state index contributed by atoms with van der Waals surface area (Å²) in [7, 11) is 0. The number of nitrogens with one attached hydrogen (secondary N) is 2. The maximum atomic E-state index is 10.5. The van der Waals surface area contributed by atoms with Crippen molar-refractivity contribution in [1.29, 1.82) is 0 Å². The standard InChI is InChI=1S/C4H7N3OS/c5-4(9)6-2-1-3(8)7-4/h1-2,6,9H,5H2,(H,7,8). The van der Waals surface area contributed by atoms with Crippen LogP contribution in [0.15, 0.2) is 12.3 Å². The highest BCUT2D eigenvalue weighted by Crippen LogP contribution is 1.99. The minimum absolute atomic E-state index is 0.244. The highest BCUT2D eigenvalue weighted by atomic mass is 32.1. The van der Waals surface area contributed by atoms with Crippen LogP contribution < -0.4 is 16.4 Å². The number of thiol groups is 1. The zero-order valence-corrected chi connectivity index (χ0v) is 5.48. The lowest BCUT2D eigenvalue weighted by Crippen LogP contribution is -2.61. The lowest BCUT2D eigenvalue weighted by atomic mass is 10.5. The van der Waals surface area contributed by atoms with Crippen LogP contribution in [0.5, 0.6) is 0 Å². The number of amides is 1. The molecule has 0 radical (unpaired) electrons. The third-order valence-corrected chi connectivity index (χ3v) is 1.09. The maximum Gasteiger partial charge on any atom is 0.248 e. The fourth-order valence-electron chi connectivity index (χ4n) is 0.510. The molecule has 1 unspecified atom stereocenters. The van der Waals surface area contributed by atoms with Crippen LogP contribution in [0.3, 0.4) is 0 Å². The van der Waals surface area contributed by atoms with Gasteiger partial charge >= 0.3 is 0 Å². The predicted molar refractivity (Wildman–Crippen MR) is 36.3 cm³/mol. The van der Waals surface area contributed by atoms with Gasteiger partial charge in [0.2, 0.25) is 11.0 Å². The van der Waals surface area contributed by atoms with Crippen molar-refractivity contribution in [3.05, 3.63) is 12.3 Å². The van der Waals surface area contributed by atoms with E-state index in [9.17, 15) is 4.79 Å². The van der Waals surface area contributed by atoms with Crippen LogP contribution in [-0.4, -0.2) is 11.0 Å². The lowest BCUT2D eigenvalue weighted by Gasteiger charge is -2.27. The van der Waals surface area contributed by atoms with Crippen molar-refractivity contribution in [2.45, 2.75) is 5.12 Å². The summed E-state index contributed by atoms with van der Waals surface area (Å²) < 4.78 is 0. The first kappa shape index (κ1) is 6.44. The molecule has 9 heavy (non-hydrogen) atoms. The summed E-state index contributed by atoms with van der Waals surface area (Å²) in [5, 5.41) is 3.89. The molecule has 1 heterocycles. The van der Waals surface area contributed by atoms with Crippen LogP contribution in [-0.2, 0) is 4.79 Å². The Morgan fingerprint density at radius 2 is 2.44 bits per heavy atom. The molecule has 0 saturated heterocycles. The largest absolute Gasteiger partial charge is 0.348 e. The van der Waals surface area contributed by atoms with E-state index in [1.807, 2.05) is 0 Å². The molecular weight excluding hydrogens is 138 g/mol. The molecule has 0 fully saturated rings. The van der Waals surface area contributed by atoms with Gasteiger partial charge in [0.05, 0.1) is 0 Å². The van der Waals surface area contributed by atoms with Crippen LogP contribution in [0.25, 0.3) is 0 Å². The quantitative estimate of drug-likeness (QED) is 0.253. The van der Waals surface area contributed by atoms with Crippen molar-refractivity contribution >= 4 is 18.5 Å². The molecule has 0 aromatic heterocycles. The third kappa shape index (κ3) is 1.62. The fourth-order valence-corrected chi connectivity index (χ4v) is 0.695. The number of carbonyl (C=O) groups excluding carboxylic acids is 1. The molecule has 0 bridgehead atoms. The van der Waals surface area contributed by atoms with E-state index < -0.39 is 5.12 Å². The van der Waals surface area contributed by atoms with E-state index in [1.54, 1.807) is 0 Å². The molecule has 50 valence electrons. The topological polar surface area (TPSA) is 67.1 Å². The Bertz CT molecular complexity index is 165. The number of hydrogen-bond donors (Lipinski definition) is 4. The van der Waals surface area contributed by atoms with Crippen molar-refractivity contribution in [3.63, 3.8) is 0 Å². The molecule has 0 aliphatic carbocycles. The molecule has 4 nitrogen and oxygen atoms in total. The van der Waals surface area contributed by atoms with Crippen LogP contribution >= 0.6 is 12.6 Å². The Hall–Kier alpha value is -0.680. The Morgan fingerprint density at radius 1 is 1.78 bits per heavy atom. The molecule has 1 amide bonds. The minimum atomic E-state index is -1.09. The van der Waals surface area contributed by atoms with Crippen molar-refractivity contribution in [3.8, 4) is 0 Å². The molecule has 0 aromatic carbocycles. The summed E-state index contributed by atoms with van der Waals surface area (Å²) in [6.45, 7) is 0. The molecule has 5 heteroatoms. The molecule has 1 aliphatic rings. The first-order chi connectivity index (χ1) is 4.10. The van der Waals surface area contributed by atoms with Crippen molar-refractivity contribution in [2.24, 2.45) is 5.73 Å². The molecule has 4 N–H and O–H groups in total. The van der Waals surface area contributed by atoms with E-state index >= 15 is 0 Å². The van der Waals surface area contributed by atoms with Gasteiger partial charge in [0.15, 0.2) is 0 Å². The zero-order valence-electron chi connectivity index (χ0n) is 4.59. The van der Waals surface area contributed by atoms with Gasteiger partial charge in [-0.1, -0.05) is 0 Å². The minimum Gasteiger partial charge on any atom is -0.348 e. The second-order valence-corrected chi connectivity index (χ2v) is 2.44. The van der Waals surface area contributed by atoms with Gasteiger partial charge in [0.25, 0.3) is 0 Å². The first-order valence-corrected chi connectivity index (χ1v) is 2.82. The summed E-state index contributed by atoms with van der Waals surface area (Å²) in [6.07, 6.45) is 2.78. The van der Waals surface area contributed by atoms with E-state index in [0.29, 0.717) is 0 Å². The van der Waals surface area contributed by atoms with Gasteiger partial charge in [-0.2, -0.15) is 0 Å². The molecule has 0 aromatic rings. The summed E-state index contributed by atoms with van der Waals surface area (Å²) in [5.41, 5.74) is 5.34. The van der Waals surface area contributed by atoms with Gasteiger partial charge in [-0.05, 0) is 0 Å². The average molecular weight is 145 g/mol. The fraction of sp³-hybridized carbons (Fsp3) is 0.250. The second kappa shape index (κ2) is 1.93. The predicted octanol–water partition coefficient (Wildman–Crippen LogP) is -1.28. The maximum absolute atomic E-state index is 10.5. The Balaban J connectivity index is 2.68. The monoisotopic (exact) mass is 145 g/mol. The first-order valence-electron chi connectivity index (χ1n) is 2.38. The SMILES string of the molecule is NC1(S)NC=CC(=O)N1. The van der Waals surface area contributed by atoms with Crippen molar-refractivity contribution < 1.29 is 4.79 Å². The second-order valence-electron chi connectivity index (χ2n) is 1.73. The van der Waals surface area contributed by atoms with Gasteiger partial charge in [-0.25, -0.2) is 0 Å². The Kier molecular flexibility index (Phi) is 1.38. The summed E-state index contributed by atoms with van der Waals surface area (Å²) in [5.74, 6) is -0.244. The highest BCUT2D eigenvalue weighted by molar-refractivity contribution is 7.81.